The van der Waals surface area contributed by atoms with E-state index in [2.05, 4.69) is 4.99 Å². The molecule has 0 heterocycles. The second kappa shape index (κ2) is 3.75. The van der Waals surface area contributed by atoms with Gasteiger partial charge in [0.1, 0.15) is 0 Å². The van der Waals surface area contributed by atoms with Crippen molar-refractivity contribution in [3.05, 3.63) is 0 Å². The zero-order valence-electron chi connectivity index (χ0n) is 5.35. The Hall–Kier alpha value is -1.33. The van der Waals surface area contributed by atoms with Crippen LogP contribution in [0, 0.1) is 11.5 Å². The first-order valence-corrected chi connectivity index (χ1v) is 3.97. The van der Waals surface area contributed by atoms with Gasteiger partial charge in [-0.05, 0) is 0 Å². The normalized spacial score (nSPS) is 12.2. The zero-order valence-corrected chi connectivity index (χ0v) is 6.17. The summed E-state index contributed by atoms with van der Waals surface area (Å²) >= 11 is 0. The lowest BCUT2D eigenvalue weighted by Gasteiger charge is -1.93. The van der Waals surface area contributed by atoms with E-state index in [1.165, 1.54) is 6.19 Å². The zero-order chi connectivity index (χ0) is 8.91. The molecule has 62 valence electrons. The smallest absolute Gasteiger partial charge is 0.285 e. The first-order valence-electron chi connectivity index (χ1n) is 2.36. The van der Waals surface area contributed by atoms with Crippen LogP contribution in [0.3, 0.4) is 0 Å². The van der Waals surface area contributed by atoms with Crippen LogP contribution in [-0.2, 0) is 10.1 Å². The van der Waals surface area contributed by atoms with E-state index in [4.69, 9.17) is 15.5 Å². The Labute approximate surface area is 63.3 Å². The van der Waals surface area contributed by atoms with Gasteiger partial charge in [-0.25, -0.2) is 4.99 Å². The Morgan fingerprint density at radius 1 is 1.82 bits per heavy atom. The highest BCUT2D eigenvalue weighted by Crippen LogP contribution is 1.80. The molecule has 0 fully saturated rings. The third-order valence-electron chi connectivity index (χ3n) is 0.582. The van der Waals surface area contributed by atoms with Crippen LogP contribution < -0.4 is 11.1 Å². The molecule has 4 N–H and O–H groups in total. The second-order valence-corrected chi connectivity index (χ2v) is 2.91. The molecule has 0 spiro atoms. The molecule has 0 aliphatic carbocycles. The summed E-state index contributed by atoms with van der Waals surface area (Å²) < 4.78 is 28.2. The number of hydrogen-bond acceptors (Lipinski definition) is 4. The SMILES string of the molecule is N#CN/C(N)=N/CS(=O)(=O)O. The number of guanidine groups is 1. The van der Waals surface area contributed by atoms with Gasteiger partial charge in [-0.2, -0.15) is 13.7 Å². The number of nitrogens with one attached hydrogen (secondary N) is 1. The molecule has 0 atom stereocenters. The first kappa shape index (κ1) is 9.67. The molecule has 0 unspecified atom stereocenters. The van der Waals surface area contributed by atoms with Gasteiger partial charge < -0.3 is 5.73 Å². The second-order valence-electron chi connectivity index (χ2n) is 1.49. The van der Waals surface area contributed by atoms with Crippen LogP contribution in [0.1, 0.15) is 0 Å². The standard InChI is InChI=1S/C3H6N4O3S/c4-1-6-3(5)7-2-11(8,9)10/h2H2,(H3,5,6,7)(H,8,9,10). The minimum absolute atomic E-state index is 0.356. The van der Waals surface area contributed by atoms with Crippen LogP contribution in [0.5, 0.6) is 0 Å². The van der Waals surface area contributed by atoms with Crippen LogP contribution in [0.25, 0.3) is 0 Å². The molecule has 0 radical (unpaired) electrons. The first-order chi connectivity index (χ1) is 4.95. The summed E-state index contributed by atoms with van der Waals surface area (Å²) in [6, 6.07) is 0. The molecular formula is C3H6N4O3S. The van der Waals surface area contributed by atoms with Gasteiger partial charge in [0.2, 0.25) is 5.96 Å². The Morgan fingerprint density at radius 3 is 2.73 bits per heavy atom. The van der Waals surface area contributed by atoms with Crippen molar-refractivity contribution >= 4 is 16.1 Å². The lowest BCUT2D eigenvalue weighted by molar-refractivity contribution is 0.483. The number of nitriles is 1. The summed E-state index contributed by atoms with van der Waals surface area (Å²) in [7, 11) is -4.15. The van der Waals surface area contributed by atoms with E-state index in [-0.39, 0.29) is 5.96 Å². The number of nitrogens with zero attached hydrogens (tertiary/aromatic N) is 2. The molecule has 0 aliphatic rings. The molecular weight excluding hydrogens is 172 g/mol. The Bertz CT molecular complexity index is 286. The maximum Gasteiger partial charge on any atom is 0.285 e. The highest BCUT2D eigenvalue weighted by Gasteiger charge is 2.01. The van der Waals surface area contributed by atoms with Crippen molar-refractivity contribution < 1.29 is 13.0 Å². The van der Waals surface area contributed by atoms with Crippen LogP contribution in [0.2, 0.25) is 0 Å². The topological polar surface area (TPSA) is 129 Å². The molecule has 0 aliphatic heterocycles. The summed E-state index contributed by atoms with van der Waals surface area (Å²) in [6.07, 6.45) is 1.42. The highest BCUT2D eigenvalue weighted by molar-refractivity contribution is 7.85. The molecule has 0 bridgehead atoms. The fourth-order valence-electron chi connectivity index (χ4n) is 0.248. The predicted octanol–water partition coefficient (Wildman–Crippen LogP) is -1.78. The fourth-order valence-corrected chi connectivity index (χ4v) is 0.550. The van der Waals surface area contributed by atoms with E-state index in [1.54, 1.807) is 0 Å². The summed E-state index contributed by atoms with van der Waals surface area (Å²) in [5, 5.41) is 9.81. The van der Waals surface area contributed by atoms with E-state index < -0.39 is 16.0 Å². The number of hydrogen-bond donors (Lipinski definition) is 3. The summed E-state index contributed by atoms with van der Waals surface area (Å²) in [4.78, 5) is 3.11. The molecule has 0 amide bonds. The van der Waals surface area contributed by atoms with Crippen molar-refractivity contribution in [2.45, 2.75) is 0 Å². The summed E-state index contributed by atoms with van der Waals surface area (Å²) in [5.74, 6) is -1.21. The quantitative estimate of drug-likeness (QED) is 0.151. The van der Waals surface area contributed by atoms with Crippen molar-refractivity contribution in [1.82, 2.24) is 5.32 Å². The Morgan fingerprint density at radius 2 is 2.36 bits per heavy atom. The van der Waals surface area contributed by atoms with E-state index in [1.807, 2.05) is 5.32 Å². The van der Waals surface area contributed by atoms with Crippen LogP contribution in [0.15, 0.2) is 4.99 Å². The van der Waals surface area contributed by atoms with E-state index >= 15 is 0 Å². The van der Waals surface area contributed by atoms with Gasteiger partial charge in [0.05, 0.1) is 0 Å². The van der Waals surface area contributed by atoms with Gasteiger partial charge in [0.25, 0.3) is 10.1 Å². The number of nitrogens with two attached hydrogens (primary N) is 1. The average Bonchev–Trinajstić information content (AvgIpc) is 1.83. The minimum atomic E-state index is -4.15. The minimum Gasteiger partial charge on any atom is -0.369 e. The lowest BCUT2D eigenvalue weighted by atomic mass is 10.9. The molecule has 0 aromatic carbocycles. The van der Waals surface area contributed by atoms with Gasteiger partial charge in [-0.1, -0.05) is 0 Å². The molecule has 0 saturated carbocycles. The van der Waals surface area contributed by atoms with Gasteiger partial charge in [-0.3, -0.25) is 9.87 Å². The Balaban J connectivity index is 4.06. The molecule has 0 aromatic rings. The third kappa shape index (κ3) is 6.56. The average molecular weight is 178 g/mol. The van der Waals surface area contributed by atoms with Crippen molar-refractivity contribution in [3.8, 4) is 6.19 Å². The number of rotatable bonds is 2. The monoisotopic (exact) mass is 178 g/mol. The molecule has 0 aromatic heterocycles. The van der Waals surface area contributed by atoms with Gasteiger partial charge in [0, 0.05) is 0 Å². The van der Waals surface area contributed by atoms with Gasteiger partial charge >= 0.3 is 0 Å². The fraction of sp³-hybridized carbons (Fsp3) is 0.333. The van der Waals surface area contributed by atoms with E-state index in [0.29, 0.717) is 0 Å². The van der Waals surface area contributed by atoms with Gasteiger partial charge in [0.15, 0.2) is 12.1 Å². The van der Waals surface area contributed by atoms with Crippen molar-refractivity contribution in [2.24, 2.45) is 10.7 Å². The van der Waals surface area contributed by atoms with E-state index in [9.17, 15) is 8.42 Å². The van der Waals surface area contributed by atoms with Crippen molar-refractivity contribution in [2.75, 3.05) is 5.88 Å². The van der Waals surface area contributed by atoms with Crippen LogP contribution >= 0.6 is 0 Å². The largest absolute Gasteiger partial charge is 0.369 e. The Kier molecular flexibility index (Phi) is 3.29. The molecule has 0 saturated heterocycles. The third-order valence-corrected chi connectivity index (χ3v) is 1.04. The predicted molar refractivity (Wildman–Crippen MR) is 36.8 cm³/mol. The van der Waals surface area contributed by atoms with E-state index in [0.717, 1.165) is 0 Å². The maximum atomic E-state index is 10.0. The van der Waals surface area contributed by atoms with Crippen LogP contribution in [-0.4, -0.2) is 24.8 Å². The van der Waals surface area contributed by atoms with Crippen molar-refractivity contribution in [1.29, 1.82) is 5.26 Å². The highest BCUT2D eigenvalue weighted by atomic mass is 32.2. The summed E-state index contributed by atoms with van der Waals surface area (Å²) in [5.41, 5.74) is 4.93. The molecule has 0 rings (SSSR count). The molecule has 11 heavy (non-hydrogen) atoms. The molecule has 7 nitrogen and oxygen atoms in total. The van der Waals surface area contributed by atoms with Crippen molar-refractivity contribution in [3.63, 3.8) is 0 Å². The molecule has 8 heteroatoms. The lowest BCUT2D eigenvalue weighted by Crippen LogP contribution is -2.28. The van der Waals surface area contributed by atoms with Crippen LogP contribution in [0.4, 0.5) is 0 Å². The summed E-state index contributed by atoms with van der Waals surface area (Å²) in [6.45, 7) is 0. The van der Waals surface area contributed by atoms with Gasteiger partial charge in [-0.15, -0.1) is 0 Å². The number of aliphatic imine (C=N–C) groups is 1. The maximum absolute atomic E-state index is 10.0.